The minimum absolute atomic E-state index is 0.0326. The summed E-state index contributed by atoms with van der Waals surface area (Å²) >= 11 is 0. The van der Waals surface area contributed by atoms with Crippen molar-refractivity contribution < 1.29 is 9.13 Å². The van der Waals surface area contributed by atoms with Crippen LogP contribution in [0, 0.1) is 5.82 Å². The molecule has 1 heterocycles. The van der Waals surface area contributed by atoms with E-state index >= 15 is 0 Å². The highest BCUT2D eigenvalue weighted by Crippen LogP contribution is 2.46. The molecule has 1 unspecified atom stereocenters. The second-order valence-electron chi connectivity index (χ2n) is 6.03. The van der Waals surface area contributed by atoms with Gasteiger partial charge in [-0.15, -0.1) is 0 Å². The number of ether oxygens (including phenoxy) is 1. The van der Waals surface area contributed by atoms with Gasteiger partial charge >= 0.3 is 0 Å². The monoisotopic (exact) mass is 283 g/mol. The van der Waals surface area contributed by atoms with Gasteiger partial charge in [-0.2, -0.15) is 0 Å². The molecule has 4 rings (SSSR count). The van der Waals surface area contributed by atoms with E-state index in [-0.39, 0.29) is 18.0 Å². The van der Waals surface area contributed by atoms with E-state index in [1.165, 1.54) is 36.1 Å². The summed E-state index contributed by atoms with van der Waals surface area (Å²) in [6.07, 6.45) is 3.18. The summed E-state index contributed by atoms with van der Waals surface area (Å²) in [6.45, 7) is 0. The Morgan fingerprint density at radius 1 is 1.00 bits per heavy atom. The number of rotatable bonds is 2. The first-order chi connectivity index (χ1) is 10.2. The molecule has 1 aliphatic heterocycles. The Labute approximate surface area is 123 Å². The van der Waals surface area contributed by atoms with Crippen LogP contribution in [-0.2, 0) is 0 Å². The Kier molecular flexibility index (Phi) is 2.96. The highest BCUT2D eigenvalue weighted by Gasteiger charge is 2.32. The molecular formula is C18H18FNO. The summed E-state index contributed by atoms with van der Waals surface area (Å²) in [6, 6.07) is 12.9. The molecule has 0 spiro atoms. The fourth-order valence-electron chi connectivity index (χ4n) is 3.24. The molecule has 2 aromatic carbocycles. The number of benzene rings is 2. The maximum Gasteiger partial charge on any atom is 0.126 e. The van der Waals surface area contributed by atoms with Crippen molar-refractivity contribution >= 4 is 0 Å². The lowest BCUT2D eigenvalue weighted by Gasteiger charge is -2.31. The molecule has 2 N–H and O–H groups in total. The molecule has 108 valence electrons. The molecule has 3 heteroatoms. The van der Waals surface area contributed by atoms with Gasteiger partial charge in [0.1, 0.15) is 17.7 Å². The van der Waals surface area contributed by atoms with E-state index in [2.05, 4.69) is 24.3 Å². The van der Waals surface area contributed by atoms with Gasteiger partial charge in [0.15, 0.2) is 0 Å². The van der Waals surface area contributed by atoms with E-state index in [1.807, 2.05) is 0 Å². The summed E-state index contributed by atoms with van der Waals surface area (Å²) in [5.41, 5.74) is 9.64. The van der Waals surface area contributed by atoms with Gasteiger partial charge in [0, 0.05) is 18.0 Å². The minimum Gasteiger partial charge on any atom is -0.485 e. The van der Waals surface area contributed by atoms with Crippen LogP contribution in [0.4, 0.5) is 4.39 Å². The first kappa shape index (κ1) is 12.8. The zero-order chi connectivity index (χ0) is 14.4. The van der Waals surface area contributed by atoms with E-state index in [1.54, 1.807) is 6.07 Å². The van der Waals surface area contributed by atoms with Crippen LogP contribution in [0.3, 0.4) is 0 Å². The van der Waals surface area contributed by atoms with E-state index < -0.39 is 0 Å². The molecule has 2 aliphatic rings. The van der Waals surface area contributed by atoms with E-state index in [4.69, 9.17) is 10.5 Å². The lowest BCUT2D eigenvalue weighted by Crippen LogP contribution is -2.25. The molecular weight excluding hydrogens is 265 g/mol. The maximum atomic E-state index is 13.4. The normalized spacial score (nSPS) is 24.3. The van der Waals surface area contributed by atoms with Gasteiger partial charge < -0.3 is 10.5 Å². The second-order valence-corrected chi connectivity index (χ2v) is 6.03. The summed E-state index contributed by atoms with van der Waals surface area (Å²) in [5, 5.41) is 0. The van der Waals surface area contributed by atoms with Crippen molar-refractivity contribution in [1.82, 2.24) is 0 Å². The quantitative estimate of drug-likeness (QED) is 0.895. The van der Waals surface area contributed by atoms with Gasteiger partial charge in [-0.05, 0) is 48.1 Å². The van der Waals surface area contributed by atoms with Gasteiger partial charge in [-0.3, -0.25) is 0 Å². The van der Waals surface area contributed by atoms with E-state index in [0.717, 1.165) is 5.56 Å². The molecule has 0 bridgehead atoms. The average Bonchev–Trinajstić information content (AvgIpc) is 3.32. The summed E-state index contributed by atoms with van der Waals surface area (Å²) in [4.78, 5) is 0. The summed E-state index contributed by atoms with van der Waals surface area (Å²) in [7, 11) is 0. The van der Waals surface area contributed by atoms with Gasteiger partial charge in [-0.1, -0.05) is 24.3 Å². The third-order valence-corrected chi connectivity index (χ3v) is 4.47. The van der Waals surface area contributed by atoms with Crippen LogP contribution in [0.5, 0.6) is 5.75 Å². The standard InChI is InChI=1S/C18H18FNO/c19-12-7-8-17-15(9-12)16(20)10-18(21-17)14-4-2-1-3-13(14)11-5-6-11/h1-4,7-9,11,16,18H,5-6,10,20H2/t16-,18?/m0/s1. The minimum atomic E-state index is -0.260. The molecule has 1 saturated carbocycles. The fraction of sp³-hybridized carbons (Fsp3) is 0.333. The molecule has 0 amide bonds. The predicted molar refractivity (Wildman–Crippen MR) is 79.7 cm³/mol. The smallest absolute Gasteiger partial charge is 0.126 e. The van der Waals surface area contributed by atoms with Crippen molar-refractivity contribution in [1.29, 1.82) is 0 Å². The number of fused-ring (bicyclic) bond motifs is 1. The average molecular weight is 283 g/mol. The lowest BCUT2D eigenvalue weighted by atomic mass is 9.90. The Balaban J connectivity index is 1.71. The van der Waals surface area contributed by atoms with Crippen LogP contribution in [0.15, 0.2) is 42.5 Å². The van der Waals surface area contributed by atoms with Crippen LogP contribution in [0.2, 0.25) is 0 Å². The zero-order valence-electron chi connectivity index (χ0n) is 11.8. The Hall–Kier alpha value is -1.87. The fourth-order valence-corrected chi connectivity index (χ4v) is 3.24. The molecule has 2 atom stereocenters. The Morgan fingerprint density at radius 3 is 2.52 bits per heavy atom. The number of hydrogen-bond donors (Lipinski definition) is 1. The van der Waals surface area contributed by atoms with Crippen molar-refractivity contribution in [2.75, 3.05) is 0 Å². The topological polar surface area (TPSA) is 35.2 Å². The number of halogens is 1. The van der Waals surface area contributed by atoms with Gasteiger partial charge in [0.25, 0.3) is 0 Å². The van der Waals surface area contributed by atoms with Crippen LogP contribution < -0.4 is 10.5 Å². The summed E-state index contributed by atoms with van der Waals surface area (Å²) in [5.74, 6) is 1.13. The predicted octanol–water partition coefficient (Wildman–Crippen LogP) is 4.23. The van der Waals surface area contributed by atoms with Crippen molar-refractivity contribution in [3.05, 3.63) is 65.0 Å². The molecule has 2 aromatic rings. The van der Waals surface area contributed by atoms with Crippen molar-refractivity contribution in [3.63, 3.8) is 0 Å². The molecule has 0 saturated heterocycles. The molecule has 2 nitrogen and oxygen atoms in total. The first-order valence-corrected chi connectivity index (χ1v) is 7.53. The number of hydrogen-bond acceptors (Lipinski definition) is 2. The Bertz CT molecular complexity index is 681. The second kappa shape index (κ2) is 4.85. The van der Waals surface area contributed by atoms with Crippen LogP contribution >= 0.6 is 0 Å². The van der Waals surface area contributed by atoms with Crippen LogP contribution in [0.25, 0.3) is 0 Å². The molecule has 1 aliphatic carbocycles. The van der Waals surface area contributed by atoms with Crippen LogP contribution in [-0.4, -0.2) is 0 Å². The highest BCUT2D eigenvalue weighted by molar-refractivity contribution is 5.42. The van der Waals surface area contributed by atoms with Gasteiger partial charge in [-0.25, -0.2) is 4.39 Å². The van der Waals surface area contributed by atoms with Crippen molar-refractivity contribution in [2.24, 2.45) is 5.73 Å². The first-order valence-electron chi connectivity index (χ1n) is 7.53. The third-order valence-electron chi connectivity index (χ3n) is 4.47. The zero-order valence-corrected chi connectivity index (χ0v) is 11.8. The Morgan fingerprint density at radius 2 is 1.76 bits per heavy atom. The third kappa shape index (κ3) is 2.32. The van der Waals surface area contributed by atoms with Gasteiger partial charge in [0.05, 0.1) is 0 Å². The van der Waals surface area contributed by atoms with E-state index in [0.29, 0.717) is 18.1 Å². The highest BCUT2D eigenvalue weighted by atomic mass is 19.1. The maximum absolute atomic E-state index is 13.4. The SMILES string of the molecule is N[C@H]1CC(c2ccccc2C2CC2)Oc2ccc(F)cc21. The largest absolute Gasteiger partial charge is 0.485 e. The van der Waals surface area contributed by atoms with Crippen molar-refractivity contribution in [2.45, 2.75) is 37.3 Å². The van der Waals surface area contributed by atoms with Gasteiger partial charge in [0.2, 0.25) is 0 Å². The van der Waals surface area contributed by atoms with E-state index in [9.17, 15) is 4.39 Å². The molecule has 21 heavy (non-hydrogen) atoms. The molecule has 0 radical (unpaired) electrons. The molecule has 0 aromatic heterocycles. The number of nitrogens with two attached hydrogens (primary N) is 1. The molecule has 1 fully saturated rings. The van der Waals surface area contributed by atoms with Crippen LogP contribution in [0.1, 0.15) is 54.0 Å². The lowest BCUT2D eigenvalue weighted by molar-refractivity contribution is 0.160. The summed E-state index contributed by atoms with van der Waals surface area (Å²) < 4.78 is 19.5. The van der Waals surface area contributed by atoms with Crippen molar-refractivity contribution in [3.8, 4) is 5.75 Å².